The number of pyridine rings is 1. The summed E-state index contributed by atoms with van der Waals surface area (Å²) in [5, 5.41) is 11.7. The summed E-state index contributed by atoms with van der Waals surface area (Å²) in [4.78, 5) is 4.12. The van der Waals surface area contributed by atoms with Crippen molar-refractivity contribution in [2.24, 2.45) is 0 Å². The molecule has 1 heterocycles. The average molecular weight is 302 g/mol. The lowest BCUT2D eigenvalue weighted by Gasteiger charge is -2.19. The minimum Gasteiger partial charge on any atom is -0.373 e. The molecule has 2 aromatic rings. The Labute approximate surface area is 123 Å². The standard InChI is InChI=1S/C14H14N4O2S/c1-16-14-9-13(6-7-17-14)21(19,20)18(2)12-5-3-4-11(8-12)10-15/h3-9H,1-2H3,(H,16,17). The molecule has 0 aliphatic heterocycles. The van der Waals surface area contributed by atoms with E-state index in [0.29, 0.717) is 17.1 Å². The van der Waals surface area contributed by atoms with Gasteiger partial charge < -0.3 is 5.32 Å². The van der Waals surface area contributed by atoms with E-state index in [0.717, 1.165) is 4.31 Å². The van der Waals surface area contributed by atoms with Gasteiger partial charge in [-0.1, -0.05) is 6.07 Å². The highest BCUT2D eigenvalue weighted by Crippen LogP contribution is 2.23. The van der Waals surface area contributed by atoms with Crippen LogP contribution < -0.4 is 9.62 Å². The smallest absolute Gasteiger partial charge is 0.264 e. The van der Waals surface area contributed by atoms with Gasteiger partial charge in [0.05, 0.1) is 22.2 Å². The molecule has 0 bridgehead atoms. The van der Waals surface area contributed by atoms with E-state index in [2.05, 4.69) is 10.3 Å². The van der Waals surface area contributed by atoms with Gasteiger partial charge in [-0.25, -0.2) is 13.4 Å². The number of hydrogen-bond acceptors (Lipinski definition) is 5. The van der Waals surface area contributed by atoms with Crippen molar-refractivity contribution in [3.63, 3.8) is 0 Å². The molecule has 1 aromatic carbocycles. The molecule has 108 valence electrons. The third-order valence-corrected chi connectivity index (χ3v) is 4.77. The van der Waals surface area contributed by atoms with E-state index in [1.165, 1.54) is 31.4 Å². The van der Waals surface area contributed by atoms with Gasteiger partial charge in [0.15, 0.2) is 0 Å². The fourth-order valence-electron chi connectivity index (χ4n) is 1.78. The quantitative estimate of drug-likeness (QED) is 0.931. The minimum absolute atomic E-state index is 0.131. The first-order chi connectivity index (χ1) is 9.98. The van der Waals surface area contributed by atoms with E-state index >= 15 is 0 Å². The van der Waals surface area contributed by atoms with Crippen molar-refractivity contribution in [1.82, 2.24) is 4.98 Å². The lowest BCUT2D eigenvalue weighted by molar-refractivity contribution is 0.594. The Hall–Kier alpha value is -2.59. The predicted molar refractivity (Wildman–Crippen MR) is 80.5 cm³/mol. The van der Waals surface area contributed by atoms with Crippen LogP contribution in [0, 0.1) is 11.3 Å². The third-order valence-electron chi connectivity index (χ3n) is 2.98. The zero-order chi connectivity index (χ0) is 15.5. The molecule has 0 aliphatic rings. The fraction of sp³-hybridized carbons (Fsp3) is 0.143. The van der Waals surface area contributed by atoms with Gasteiger partial charge in [-0.2, -0.15) is 5.26 Å². The van der Waals surface area contributed by atoms with Gasteiger partial charge in [-0.15, -0.1) is 0 Å². The number of hydrogen-bond donors (Lipinski definition) is 1. The zero-order valence-corrected chi connectivity index (χ0v) is 12.4. The van der Waals surface area contributed by atoms with Gasteiger partial charge in [-0.3, -0.25) is 4.31 Å². The molecule has 1 N–H and O–H groups in total. The molecule has 2 rings (SSSR count). The molecule has 0 spiro atoms. The van der Waals surface area contributed by atoms with Crippen molar-refractivity contribution in [2.75, 3.05) is 23.7 Å². The molecule has 6 nitrogen and oxygen atoms in total. The summed E-state index contributed by atoms with van der Waals surface area (Å²) in [5.41, 5.74) is 0.831. The molecule has 0 radical (unpaired) electrons. The Morgan fingerprint density at radius 1 is 1.29 bits per heavy atom. The molecule has 0 atom stereocenters. The molecule has 0 fully saturated rings. The van der Waals surface area contributed by atoms with Crippen LogP contribution in [0.15, 0.2) is 47.5 Å². The second kappa shape index (κ2) is 5.81. The molecular weight excluding hydrogens is 288 g/mol. The first-order valence-electron chi connectivity index (χ1n) is 6.12. The predicted octanol–water partition coefficient (Wildman–Crippen LogP) is 1.82. The number of aromatic nitrogens is 1. The lowest BCUT2D eigenvalue weighted by atomic mass is 10.2. The minimum atomic E-state index is -3.71. The third kappa shape index (κ3) is 2.95. The van der Waals surface area contributed by atoms with E-state index < -0.39 is 10.0 Å². The van der Waals surface area contributed by atoms with Crippen LogP contribution in [-0.2, 0) is 10.0 Å². The fourth-order valence-corrected chi connectivity index (χ4v) is 2.98. The number of anilines is 2. The van der Waals surface area contributed by atoms with E-state index in [1.807, 2.05) is 6.07 Å². The maximum absolute atomic E-state index is 12.6. The number of nitrogens with one attached hydrogen (secondary N) is 1. The van der Waals surface area contributed by atoms with Gasteiger partial charge in [0.1, 0.15) is 5.82 Å². The van der Waals surface area contributed by atoms with Gasteiger partial charge in [0.2, 0.25) is 0 Å². The lowest BCUT2D eigenvalue weighted by Crippen LogP contribution is -2.26. The summed E-state index contributed by atoms with van der Waals surface area (Å²) < 4.78 is 26.3. The Morgan fingerprint density at radius 2 is 2.05 bits per heavy atom. The largest absolute Gasteiger partial charge is 0.373 e. The summed E-state index contributed by atoms with van der Waals surface area (Å²) >= 11 is 0. The SMILES string of the molecule is CNc1cc(S(=O)(=O)N(C)c2cccc(C#N)c2)ccn1. The van der Waals surface area contributed by atoms with E-state index in [-0.39, 0.29) is 4.90 Å². The van der Waals surface area contributed by atoms with Gasteiger partial charge >= 0.3 is 0 Å². The summed E-state index contributed by atoms with van der Waals surface area (Å²) in [6.07, 6.45) is 1.43. The zero-order valence-electron chi connectivity index (χ0n) is 11.6. The van der Waals surface area contributed by atoms with Gasteiger partial charge in [-0.05, 0) is 24.3 Å². The molecule has 0 aliphatic carbocycles. The average Bonchev–Trinajstić information content (AvgIpc) is 2.54. The maximum Gasteiger partial charge on any atom is 0.264 e. The highest BCUT2D eigenvalue weighted by Gasteiger charge is 2.22. The van der Waals surface area contributed by atoms with Crippen molar-refractivity contribution in [3.05, 3.63) is 48.2 Å². The van der Waals surface area contributed by atoms with Crippen LogP contribution in [-0.4, -0.2) is 27.5 Å². The second-order valence-electron chi connectivity index (χ2n) is 4.26. The van der Waals surface area contributed by atoms with E-state index in [1.54, 1.807) is 25.2 Å². The van der Waals surface area contributed by atoms with Crippen molar-refractivity contribution in [1.29, 1.82) is 5.26 Å². The maximum atomic E-state index is 12.6. The monoisotopic (exact) mass is 302 g/mol. The summed E-state index contributed by atoms with van der Waals surface area (Å²) in [7, 11) is -0.590. The highest BCUT2D eigenvalue weighted by molar-refractivity contribution is 7.92. The topological polar surface area (TPSA) is 86.1 Å². The van der Waals surface area contributed by atoms with Crippen molar-refractivity contribution in [3.8, 4) is 6.07 Å². The first-order valence-corrected chi connectivity index (χ1v) is 7.56. The van der Waals surface area contributed by atoms with Crippen LogP contribution in [0.3, 0.4) is 0 Å². The first kappa shape index (κ1) is 14.8. The summed E-state index contributed by atoms with van der Waals surface area (Å²) in [6, 6.07) is 11.3. The van der Waals surface area contributed by atoms with Crippen LogP contribution in [0.4, 0.5) is 11.5 Å². The normalized spacial score (nSPS) is 10.7. The molecule has 0 unspecified atom stereocenters. The van der Waals surface area contributed by atoms with Gasteiger partial charge in [0.25, 0.3) is 10.0 Å². The van der Waals surface area contributed by atoms with Gasteiger partial charge in [0, 0.05) is 26.4 Å². The number of sulfonamides is 1. The molecule has 1 aromatic heterocycles. The molecule has 21 heavy (non-hydrogen) atoms. The van der Waals surface area contributed by atoms with E-state index in [9.17, 15) is 8.42 Å². The van der Waals surface area contributed by atoms with Crippen LogP contribution >= 0.6 is 0 Å². The molecule has 0 saturated carbocycles. The number of rotatable bonds is 4. The number of benzene rings is 1. The molecule has 7 heteroatoms. The van der Waals surface area contributed by atoms with Crippen molar-refractivity contribution in [2.45, 2.75) is 4.90 Å². The number of nitrogens with zero attached hydrogens (tertiary/aromatic N) is 3. The van der Waals surface area contributed by atoms with Crippen molar-refractivity contribution >= 4 is 21.5 Å². The van der Waals surface area contributed by atoms with Crippen LogP contribution in [0.2, 0.25) is 0 Å². The summed E-state index contributed by atoms with van der Waals surface area (Å²) in [6.45, 7) is 0. The molecular formula is C14H14N4O2S. The van der Waals surface area contributed by atoms with Crippen LogP contribution in [0.25, 0.3) is 0 Å². The Kier molecular flexibility index (Phi) is 4.10. The Balaban J connectivity index is 2.45. The number of nitriles is 1. The summed E-state index contributed by atoms with van der Waals surface area (Å²) in [5.74, 6) is 0.468. The Bertz CT molecular complexity index is 797. The van der Waals surface area contributed by atoms with Crippen LogP contribution in [0.5, 0.6) is 0 Å². The highest BCUT2D eigenvalue weighted by atomic mass is 32.2. The van der Waals surface area contributed by atoms with Crippen LogP contribution in [0.1, 0.15) is 5.56 Å². The molecule has 0 saturated heterocycles. The van der Waals surface area contributed by atoms with Crippen molar-refractivity contribution < 1.29 is 8.42 Å². The Morgan fingerprint density at radius 3 is 2.71 bits per heavy atom. The second-order valence-corrected chi connectivity index (χ2v) is 6.23. The van der Waals surface area contributed by atoms with E-state index in [4.69, 9.17) is 5.26 Å². The molecule has 0 amide bonds.